The van der Waals surface area contributed by atoms with Gasteiger partial charge in [0.05, 0.1) is 25.4 Å². The molecule has 0 aromatic heterocycles. The average Bonchev–Trinajstić information content (AvgIpc) is 3.34. The summed E-state index contributed by atoms with van der Waals surface area (Å²) in [6.45, 7) is 5.50. The highest BCUT2D eigenvalue weighted by atomic mass is 16.7. The first kappa shape index (κ1) is 63.9. The lowest BCUT2D eigenvalue weighted by Crippen LogP contribution is -2.61. The van der Waals surface area contributed by atoms with E-state index in [4.69, 9.17) is 14.2 Å². The van der Waals surface area contributed by atoms with Gasteiger partial charge in [-0.15, -0.1) is 0 Å². The van der Waals surface area contributed by atoms with Crippen LogP contribution in [0.3, 0.4) is 0 Å². The molecule has 8 unspecified atom stereocenters. The van der Waals surface area contributed by atoms with Crippen LogP contribution in [0.2, 0.25) is 0 Å². The number of hydrogen-bond acceptors (Lipinski definition) is 10. The molecule has 0 spiro atoms. The Morgan fingerprint density at radius 2 is 1.04 bits per heavy atom. The van der Waals surface area contributed by atoms with Crippen molar-refractivity contribution < 1.29 is 49.3 Å². The molecule has 1 fully saturated rings. The fourth-order valence-corrected chi connectivity index (χ4v) is 7.97. The Bertz CT molecular complexity index is 1440. The number of carbonyl (C=O) groups excluding carboxylic acids is 2. The first-order chi connectivity index (χ1) is 33.7. The van der Waals surface area contributed by atoms with Gasteiger partial charge in [-0.2, -0.15) is 0 Å². The zero-order valence-electron chi connectivity index (χ0n) is 43.4. The smallest absolute Gasteiger partial charge is 0.306 e. The summed E-state index contributed by atoms with van der Waals surface area (Å²) in [6.07, 6.45) is 47.7. The Kier molecular flexibility index (Phi) is 42.5. The van der Waals surface area contributed by atoms with Crippen molar-refractivity contribution >= 4 is 11.9 Å². The van der Waals surface area contributed by atoms with Crippen LogP contribution in [-0.2, 0) is 23.8 Å². The molecule has 0 radical (unpaired) electrons. The van der Waals surface area contributed by atoms with Gasteiger partial charge >= 0.3 is 5.97 Å². The van der Waals surface area contributed by atoms with E-state index in [9.17, 15) is 35.1 Å². The Hall–Kier alpha value is -3.16. The molecular formula is C58H99NO10. The van der Waals surface area contributed by atoms with Crippen LogP contribution in [0.4, 0.5) is 0 Å². The van der Waals surface area contributed by atoms with Crippen molar-refractivity contribution in [2.24, 2.45) is 0 Å². The minimum Gasteiger partial charge on any atom is -0.454 e. The van der Waals surface area contributed by atoms with Crippen LogP contribution < -0.4 is 5.32 Å². The fourth-order valence-electron chi connectivity index (χ4n) is 7.97. The van der Waals surface area contributed by atoms with E-state index in [1.165, 1.54) is 51.4 Å². The van der Waals surface area contributed by atoms with Crippen molar-refractivity contribution in [3.05, 3.63) is 85.1 Å². The highest BCUT2D eigenvalue weighted by Crippen LogP contribution is 2.26. The molecule has 1 rings (SSSR count). The summed E-state index contributed by atoms with van der Waals surface area (Å²) in [5.74, 6) is -1.25. The molecule has 1 amide bonds. The quantitative estimate of drug-likeness (QED) is 0.0196. The third-order valence-corrected chi connectivity index (χ3v) is 12.3. The van der Waals surface area contributed by atoms with Gasteiger partial charge in [0.25, 0.3) is 0 Å². The number of hydrogen-bond donors (Lipinski definition) is 6. The third kappa shape index (κ3) is 34.7. The topological polar surface area (TPSA) is 175 Å². The highest BCUT2D eigenvalue weighted by molar-refractivity contribution is 5.80. The van der Waals surface area contributed by atoms with Crippen molar-refractivity contribution in [1.82, 2.24) is 5.32 Å². The van der Waals surface area contributed by atoms with Crippen LogP contribution in [0.1, 0.15) is 207 Å². The van der Waals surface area contributed by atoms with Crippen LogP contribution in [-0.4, -0.2) is 99.6 Å². The minimum absolute atomic E-state index is 0.0908. The normalized spacial score (nSPS) is 20.5. The summed E-state index contributed by atoms with van der Waals surface area (Å²) < 4.78 is 17.5. The number of esters is 1. The molecule has 1 aliphatic rings. The zero-order chi connectivity index (χ0) is 50.4. The van der Waals surface area contributed by atoms with Gasteiger partial charge in [-0.05, 0) is 89.9 Å². The zero-order valence-corrected chi connectivity index (χ0v) is 43.4. The van der Waals surface area contributed by atoms with Crippen LogP contribution in [0.5, 0.6) is 0 Å². The van der Waals surface area contributed by atoms with Gasteiger partial charge in [-0.3, -0.25) is 9.59 Å². The van der Waals surface area contributed by atoms with E-state index in [0.717, 1.165) is 109 Å². The second kappa shape index (κ2) is 45.9. The number of ether oxygens (including phenoxy) is 3. The largest absolute Gasteiger partial charge is 0.454 e. The third-order valence-electron chi connectivity index (χ3n) is 12.3. The Morgan fingerprint density at radius 3 is 1.57 bits per heavy atom. The molecule has 1 heterocycles. The van der Waals surface area contributed by atoms with E-state index in [-0.39, 0.29) is 19.4 Å². The van der Waals surface area contributed by atoms with Gasteiger partial charge in [-0.1, -0.05) is 196 Å². The van der Waals surface area contributed by atoms with Gasteiger partial charge < -0.3 is 45.1 Å². The van der Waals surface area contributed by atoms with Crippen LogP contribution in [0.15, 0.2) is 85.1 Å². The molecule has 0 saturated carbocycles. The summed E-state index contributed by atoms with van der Waals surface area (Å²) in [7, 11) is 0. The standard InChI is InChI=1S/C58H99NO10/c1-4-7-10-13-16-19-22-25-28-31-34-37-40-43-46-53(63)69-56-55(65)54(64)52(47-60)68-58(56)67-48-49(50(61)44-41-38-35-32-29-26-23-20-17-14-11-8-5-2)59-57(66)51(62)45-42-39-36-33-30-27-24-21-18-15-12-9-6-3/h7,9-10,12,16,18-19,21,25,27-28,30,41,44,49-52,54-56,58,60-62,64-65H,4-6,8,11,13-15,17,20,22-24,26,29,31-40,42-43,45-48H2,1-3H3,(H,59,66)/b10-7+,12-9+,19-16+,21-18+,28-25+,30-27+,44-41+. The molecule has 396 valence electrons. The number of unbranched alkanes of at least 4 members (excludes halogenated alkanes) is 18. The SMILES string of the molecule is CC/C=C/C/C=C/C/C=C/CCCCCCC(=O)OC1C(OCC(NC(=O)C(O)CCCCC/C=C/C/C=C/C/C=C/CC)C(O)/C=C/CCCCCCCCCCCCC)OC(CO)C(O)C1O. The van der Waals surface area contributed by atoms with E-state index >= 15 is 0 Å². The van der Waals surface area contributed by atoms with E-state index in [2.05, 4.69) is 99.0 Å². The Balaban J connectivity index is 2.80. The minimum atomic E-state index is -1.63. The van der Waals surface area contributed by atoms with Gasteiger partial charge in [0, 0.05) is 6.42 Å². The van der Waals surface area contributed by atoms with Gasteiger partial charge in [0.15, 0.2) is 12.4 Å². The summed E-state index contributed by atoms with van der Waals surface area (Å²) in [4.78, 5) is 26.4. The first-order valence-electron chi connectivity index (χ1n) is 27.4. The Morgan fingerprint density at radius 1 is 0.580 bits per heavy atom. The Labute approximate surface area is 419 Å². The maximum Gasteiger partial charge on any atom is 0.306 e. The number of carbonyl (C=O) groups is 2. The number of nitrogens with one attached hydrogen (secondary N) is 1. The van der Waals surface area contributed by atoms with E-state index in [0.29, 0.717) is 12.8 Å². The van der Waals surface area contributed by atoms with Gasteiger partial charge in [0.1, 0.15) is 24.4 Å². The molecule has 1 saturated heterocycles. The molecule has 11 nitrogen and oxygen atoms in total. The van der Waals surface area contributed by atoms with Gasteiger partial charge in [-0.25, -0.2) is 0 Å². The predicted molar refractivity (Wildman–Crippen MR) is 282 cm³/mol. The monoisotopic (exact) mass is 970 g/mol. The van der Waals surface area contributed by atoms with Crippen LogP contribution >= 0.6 is 0 Å². The second-order valence-electron chi connectivity index (χ2n) is 18.5. The van der Waals surface area contributed by atoms with Crippen molar-refractivity contribution in [3.8, 4) is 0 Å². The molecule has 0 aromatic rings. The summed E-state index contributed by atoms with van der Waals surface area (Å²) in [5, 5.41) is 56.7. The molecular weight excluding hydrogens is 871 g/mol. The first-order valence-corrected chi connectivity index (χ1v) is 27.4. The summed E-state index contributed by atoms with van der Waals surface area (Å²) in [5.41, 5.74) is 0. The number of aliphatic hydroxyl groups is 5. The average molecular weight is 970 g/mol. The predicted octanol–water partition coefficient (Wildman–Crippen LogP) is 11.8. The second-order valence-corrected chi connectivity index (χ2v) is 18.5. The molecule has 69 heavy (non-hydrogen) atoms. The maximum absolute atomic E-state index is 13.3. The maximum atomic E-state index is 13.3. The van der Waals surface area contributed by atoms with Crippen molar-refractivity contribution in [2.75, 3.05) is 13.2 Å². The fraction of sp³-hybridized carbons (Fsp3) is 0.724. The molecule has 0 bridgehead atoms. The number of amides is 1. The lowest BCUT2D eigenvalue weighted by atomic mass is 9.99. The summed E-state index contributed by atoms with van der Waals surface area (Å²) in [6, 6.07) is -1.04. The van der Waals surface area contributed by atoms with Crippen molar-refractivity contribution in [3.63, 3.8) is 0 Å². The molecule has 0 aromatic carbocycles. The lowest BCUT2D eigenvalue weighted by Gasteiger charge is -2.41. The molecule has 1 aliphatic heterocycles. The van der Waals surface area contributed by atoms with Crippen molar-refractivity contribution in [2.45, 2.75) is 256 Å². The number of rotatable bonds is 44. The van der Waals surface area contributed by atoms with E-state index in [1.807, 2.05) is 6.08 Å². The van der Waals surface area contributed by atoms with Crippen LogP contribution in [0, 0.1) is 0 Å². The molecule has 8 atom stereocenters. The summed E-state index contributed by atoms with van der Waals surface area (Å²) >= 11 is 0. The highest BCUT2D eigenvalue weighted by Gasteiger charge is 2.47. The van der Waals surface area contributed by atoms with Crippen molar-refractivity contribution in [1.29, 1.82) is 0 Å². The van der Waals surface area contributed by atoms with Gasteiger partial charge in [0.2, 0.25) is 5.91 Å². The van der Waals surface area contributed by atoms with E-state index in [1.54, 1.807) is 6.08 Å². The van der Waals surface area contributed by atoms with Crippen LogP contribution in [0.25, 0.3) is 0 Å². The molecule has 6 N–H and O–H groups in total. The van der Waals surface area contributed by atoms with E-state index < -0.39 is 67.4 Å². The lowest BCUT2D eigenvalue weighted by molar-refractivity contribution is -0.305. The molecule has 0 aliphatic carbocycles. The number of allylic oxidation sites excluding steroid dienone is 13. The molecule has 11 heteroatoms. The number of aliphatic hydroxyl groups excluding tert-OH is 5.